The number of benzene rings is 1. The van der Waals surface area contributed by atoms with Crippen molar-refractivity contribution >= 4 is 11.8 Å². The zero-order valence-corrected chi connectivity index (χ0v) is 15.7. The number of amides is 2. The van der Waals surface area contributed by atoms with Gasteiger partial charge in [-0.1, -0.05) is 43.7 Å². The van der Waals surface area contributed by atoms with E-state index in [1.165, 1.54) is 16.0 Å². The average Bonchev–Trinajstić information content (AvgIpc) is 3.37. The number of carbonyl (C=O) groups is 2. The Morgan fingerprint density at radius 3 is 2.52 bits per heavy atom. The molecule has 0 aromatic heterocycles. The van der Waals surface area contributed by atoms with E-state index in [-0.39, 0.29) is 17.2 Å². The van der Waals surface area contributed by atoms with E-state index < -0.39 is 11.9 Å². The van der Waals surface area contributed by atoms with E-state index in [0.717, 1.165) is 25.7 Å². The van der Waals surface area contributed by atoms with Crippen LogP contribution in [0.4, 0.5) is 0 Å². The van der Waals surface area contributed by atoms with E-state index in [2.05, 4.69) is 25.1 Å². The molecule has 5 nitrogen and oxygen atoms in total. The van der Waals surface area contributed by atoms with Crippen LogP contribution in [0, 0.1) is 18.3 Å². The Kier molecular flexibility index (Phi) is 6.22. The van der Waals surface area contributed by atoms with Crippen LogP contribution in [-0.4, -0.2) is 35.0 Å². The SMILES string of the molecule is Cc1cccc(CCC2(C(=O)N(C)C(CC(C)C)C(=O)NO)CC2)c1. The first-order chi connectivity index (χ1) is 11.8. The summed E-state index contributed by atoms with van der Waals surface area (Å²) in [6.45, 7) is 6.07. The zero-order chi connectivity index (χ0) is 18.6. The summed E-state index contributed by atoms with van der Waals surface area (Å²) in [5.41, 5.74) is 3.83. The van der Waals surface area contributed by atoms with Gasteiger partial charge in [0.15, 0.2) is 0 Å². The largest absolute Gasteiger partial charge is 0.333 e. The van der Waals surface area contributed by atoms with Gasteiger partial charge in [0.25, 0.3) is 5.91 Å². The standard InChI is InChI=1S/C20H30N2O3/c1-14(2)12-17(18(23)21-25)22(4)19(24)20(10-11-20)9-8-16-7-5-6-15(3)13-16/h5-7,13-14,17,25H,8-12H2,1-4H3,(H,21,23). The van der Waals surface area contributed by atoms with Gasteiger partial charge in [-0.3, -0.25) is 14.8 Å². The zero-order valence-electron chi connectivity index (χ0n) is 15.7. The minimum absolute atomic E-state index is 0.0226. The van der Waals surface area contributed by atoms with E-state index in [1.807, 2.05) is 19.9 Å². The lowest BCUT2D eigenvalue weighted by Crippen LogP contribution is -2.50. The van der Waals surface area contributed by atoms with Crippen molar-refractivity contribution in [2.24, 2.45) is 11.3 Å². The van der Waals surface area contributed by atoms with Gasteiger partial charge in [-0.2, -0.15) is 0 Å². The van der Waals surface area contributed by atoms with Crippen LogP contribution in [0.3, 0.4) is 0 Å². The maximum absolute atomic E-state index is 13.0. The van der Waals surface area contributed by atoms with Crippen LogP contribution < -0.4 is 5.48 Å². The Hall–Kier alpha value is -1.88. The Morgan fingerprint density at radius 1 is 1.32 bits per heavy atom. The van der Waals surface area contributed by atoms with Gasteiger partial charge >= 0.3 is 0 Å². The molecule has 2 amide bonds. The molecular weight excluding hydrogens is 316 g/mol. The van der Waals surface area contributed by atoms with Gasteiger partial charge in [-0.15, -0.1) is 0 Å². The van der Waals surface area contributed by atoms with Crippen LogP contribution in [0.15, 0.2) is 24.3 Å². The number of rotatable bonds is 8. The highest BCUT2D eigenvalue weighted by molar-refractivity contribution is 5.91. The van der Waals surface area contributed by atoms with Crippen LogP contribution in [-0.2, 0) is 16.0 Å². The van der Waals surface area contributed by atoms with Crippen molar-refractivity contribution in [1.82, 2.24) is 10.4 Å². The quantitative estimate of drug-likeness (QED) is 0.561. The first-order valence-corrected chi connectivity index (χ1v) is 9.06. The molecule has 0 saturated heterocycles. The van der Waals surface area contributed by atoms with Crippen molar-refractivity contribution < 1.29 is 14.8 Å². The molecule has 0 bridgehead atoms. The number of nitrogens with zero attached hydrogens (tertiary/aromatic N) is 1. The molecule has 138 valence electrons. The molecule has 1 atom stereocenters. The predicted octanol–water partition coefficient (Wildman–Crippen LogP) is 3.09. The lowest BCUT2D eigenvalue weighted by Gasteiger charge is -2.31. The molecule has 0 radical (unpaired) electrons. The highest BCUT2D eigenvalue weighted by atomic mass is 16.5. The van der Waals surface area contributed by atoms with E-state index in [9.17, 15) is 9.59 Å². The van der Waals surface area contributed by atoms with Crippen molar-refractivity contribution in [1.29, 1.82) is 0 Å². The van der Waals surface area contributed by atoms with Gasteiger partial charge in [0.1, 0.15) is 6.04 Å². The third-order valence-electron chi connectivity index (χ3n) is 5.18. The molecule has 1 aliphatic carbocycles. The first-order valence-electron chi connectivity index (χ1n) is 9.06. The number of carbonyl (C=O) groups excluding carboxylic acids is 2. The van der Waals surface area contributed by atoms with Crippen molar-refractivity contribution in [3.05, 3.63) is 35.4 Å². The molecule has 0 heterocycles. The fraction of sp³-hybridized carbons (Fsp3) is 0.600. The van der Waals surface area contributed by atoms with Crippen LogP contribution in [0.5, 0.6) is 0 Å². The van der Waals surface area contributed by atoms with Crippen molar-refractivity contribution in [2.45, 2.75) is 58.9 Å². The molecule has 1 aromatic carbocycles. The van der Waals surface area contributed by atoms with Gasteiger partial charge in [-0.25, -0.2) is 5.48 Å². The lowest BCUT2D eigenvalue weighted by atomic mass is 9.93. The van der Waals surface area contributed by atoms with Crippen LogP contribution in [0.25, 0.3) is 0 Å². The third kappa shape index (κ3) is 4.82. The van der Waals surface area contributed by atoms with Gasteiger partial charge < -0.3 is 4.90 Å². The van der Waals surface area contributed by atoms with Gasteiger partial charge in [0, 0.05) is 12.5 Å². The maximum Gasteiger partial charge on any atom is 0.266 e. The molecule has 2 N–H and O–H groups in total. The molecule has 1 aromatic rings. The van der Waals surface area contributed by atoms with Gasteiger partial charge in [0.2, 0.25) is 5.91 Å². The lowest BCUT2D eigenvalue weighted by molar-refractivity contribution is -0.147. The minimum Gasteiger partial charge on any atom is -0.333 e. The second kappa shape index (κ2) is 8.00. The molecule has 2 rings (SSSR count). The van der Waals surface area contributed by atoms with E-state index in [1.54, 1.807) is 12.5 Å². The third-order valence-corrected chi connectivity index (χ3v) is 5.18. The fourth-order valence-electron chi connectivity index (χ4n) is 3.45. The number of hydroxylamine groups is 1. The molecule has 5 heteroatoms. The highest BCUT2D eigenvalue weighted by Crippen LogP contribution is 2.51. The smallest absolute Gasteiger partial charge is 0.266 e. The molecule has 1 fully saturated rings. The molecule has 1 unspecified atom stereocenters. The number of hydrogen-bond donors (Lipinski definition) is 2. The van der Waals surface area contributed by atoms with E-state index in [4.69, 9.17) is 5.21 Å². The number of nitrogens with one attached hydrogen (secondary N) is 1. The monoisotopic (exact) mass is 346 g/mol. The minimum atomic E-state index is -0.631. The van der Waals surface area contributed by atoms with Crippen LogP contribution in [0.2, 0.25) is 0 Å². The Balaban J connectivity index is 2.05. The van der Waals surface area contributed by atoms with Gasteiger partial charge in [0.05, 0.1) is 0 Å². The van der Waals surface area contributed by atoms with Crippen molar-refractivity contribution in [3.8, 4) is 0 Å². The number of aryl methyl sites for hydroxylation is 2. The summed E-state index contributed by atoms with van der Waals surface area (Å²) < 4.78 is 0. The summed E-state index contributed by atoms with van der Waals surface area (Å²) in [7, 11) is 1.68. The van der Waals surface area contributed by atoms with Crippen molar-refractivity contribution in [2.75, 3.05) is 7.05 Å². The van der Waals surface area contributed by atoms with Crippen LogP contribution >= 0.6 is 0 Å². The van der Waals surface area contributed by atoms with Gasteiger partial charge in [-0.05, 0) is 50.5 Å². The number of hydrogen-bond acceptors (Lipinski definition) is 3. The summed E-state index contributed by atoms with van der Waals surface area (Å²) in [6.07, 6.45) is 3.94. The van der Waals surface area contributed by atoms with Crippen LogP contribution in [0.1, 0.15) is 50.7 Å². The first kappa shape index (κ1) is 19.4. The summed E-state index contributed by atoms with van der Waals surface area (Å²) in [6, 6.07) is 7.74. The summed E-state index contributed by atoms with van der Waals surface area (Å²) in [5.74, 6) is -0.242. The second-order valence-corrected chi connectivity index (χ2v) is 7.81. The van der Waals surface area contributed by atoms with Crippen molar-refractivity contribution in [3.63, 3.8) is 0 Å². The topological polar surface area (TPSA) is 69.6 Å². The average molecular weight is 346 g/mol. The molecule has 1 aliphatic rings. The summed E-state index contributed by atoms with van der Waals surface area (Å²) in [5, 5.41) is 9.01. The molecule has 1 saturated carbocycles. The summed E-state index contributed by atoms with van der Waals surface area (Å²) in [4.78, 5) is 26.6. The second-order valence-electron chi connectivity index (χ2n) is 7.81. The molecular formula is C20H30N2O3. The van der Waals surface area contributed by atoms with E-state index in [0.29, 0.717) is 6.42 Å². The fourth-order valence-corrected chi connectivity index (χ4v) is 3.45. The predicted molar refractivity (Wildman–Crippen MR) is 97.1 cm³/mol. The van der Waals surface area contributed by atoms with E-state index >= 15 is 0 Å². The normalized spacial score (nSPS) is 16.4. The Morgan fingerprint density at radius 2 is 2.00 bits per heavy atom. The highest BCUT2D eigenvalue weighted by Gasteiger charge is 2.51. The maximum atomic E-state index is 13.0. The molecule has 0 spiro atoms. The molecule has 0 aliphatic heterocycles. The Bertz CT molecular complexity index is 623. The number of likely N-dealkylation sites (N-methyl/N-ethyl adjacent to an activating group) is 1. The summed E-state index contributed by atoms with van der Waals surface area (Å²) >= 11 is 0. The molecule has 25 heavy (non-hydrogen) atoms. The Labute approximate surface area is 150 Å².